The van der Waals surface area contributed by atoms with E-state index in [2.05, 4.69) is 30.3 Å². The minimum atomic E-state index is -0.287. The fourth-order valence-corrected chi connectivity index (χ4v) is 3.10. The third-order valence-corrected chi connectivity index (χ3v) is 4.31. The Labute approximate surface area is 139 Å². The summed E-state index contributed by atoms with van der Waals surface area (Å²) in [5, 5.41) is 0. The van der Waals surface area contributed by atoms with Crippen molar-refractivity contribution in [3.8, 4) is 0 Å². The molecule has 3 aromatic rings. The molecule has 1 aliphatic rings. The van der Waals surface area contributed by atoms with Gasteiger partial charge in [-0.2, -0.15) is 0 Å². The Balaban J connectivity index is 1.82. The molecule has 0 saturated carbocycles. The monoisotopic (exact) mass is 319 g/mol. The summed E-state index contributed by atoms with van der Waals surface area (Å²) in [6.45, 7) is 6.31. The van der Waals surface area contributed by atoms with Gasteiger partial charge in [-0.15, -0.1) is 0 Å². The first-order valence-corrected chi connectivity index (χ1v) is 7.83. The molecule has 0 radical (unpaired) electrons. The number of carbonyl (C=O) groups is 2. The van der Waals surface area contributed by atoms with Gasteiger partial charge in [0.1, 0.15) is 0 Å². The SMILES string of the molecule is CC(C)(C)n1cnc2cc(N3C(=O)c4ccccc4C3=O)ccc21. The van der Waals surface area contributed by atoms with Gasteiger partial charge in [-0.25, -0.2) is 9.88 Å². The van der Waals surface area contributed by atoms with Crippen molar-refractivity contribution < 1.29 is 9.59 Å². The highest BCUT2D eigenvalue weighted by Crippen LogP contribution is 2.31. The van der Waals surface area contributed by atoms with Gasteiger partial charge in [0.2, 0.25) is 0 Å². The number of imidazole rings is 1. The molecule has 5 heteroatoms. The molecular formula is C19H17N3O2. The summed E-state index contributed by atoms with van der Waals surface area (Å²) in [4.78, 5) is 30.8. The number of benzene rings is 2. The highest BCUT2D eigenvalue weighted by Gasteiger charge is 2.36. The highest BCUT2D eigenvalue weighted by molar-refractivity contribution is 6.34. The number of hydrogen-bond donors (Lipinski definition) is 0. The Morgan fingerprint density at radius 2 is 1.54 bits per heavy atom. The van der Waals surface area contributed by atoms with Gasteiger partial charge < -0.3 is 4.57 Å². The lowest BCUT2D eigenvalue weighted by atomic mass is 10.1. The van der Waals surface area contributed by atoms with E-state index in [1.54, 1.807) is 42.7 Å². The molecule has 120 valence electrons. The van der Waals surface area contributed by atoms with Gasteiger partial charge in [-0.05, 0) is 51.1 Å². The van der Waals surface area contributed by atoms with Gasteiger partial charge in [-0.1, -0.05) is 12.1 Å². The van der Waals surface area contributed by atoms with E-state index >= 15 is 0 Å². The van der Waals surface area contributed by atoms with Crippen LogP contribution in [0.1, 0.15) is 41.5 Å². The fraction of sp³-hybridized carbons (Fsp3) is 0.211. The number of rotatable bonds is 1. The lowest BCUT2D eigenvalue weighted by Crippen LogP contribution is -2.29. The van der Waals surface area contributed by atoms with Crippen LogP contribution in [0.4, 0.5) is 5.69 Å². The average Bonchev–Trinajstić information content (AvgIpc) is 3.07. The van der Waals surface area contributed by atoms with E-state index < -0.39 is 0 Å². The second-order valence-electron chi connectivity index (χ2n) is 6.95. The van der Waals surface area contributed by atoms with E-state index in [-0.39, 0.29) is 17.4 Å². The molecule has 2 heterocycles. The van der Waals surface area contributed by atoms with Crippen LogP contribution in [0, 0.1) is 0 Å². The zero-order valence-corrected chi connectivity index (χ0v) is 13.8. The molecule has 0 aliphatic carbocycles. The second-order valence-corrected chi connectivity index (χ2v) is 6.95. The minimum Gasteiger partial charge on any atom is -0.325 e. The zero-order chi connectivity index (χ0) is 17.1. The number of amides is 2. The van der Waals surface area contributed by atoms with Crippen molar-refractivity contribution in [2.24, 2.45) is 0 Å². The van der Waals surface area contributed by atoms with Gasteiger partial charge in [0.15, 0.2) is 0 Å². The maximum absolute atomic E-state index is 12.6. The van der Waals surface area contributed by atoms with Gasteiger partial charge in [0.05, 0.1) is 34.2 Å². The van der Waals surface area contributed by atoms with Crippen molar-refractivity contribution in [3.63, 3.8) is 0 Å². The molecule has 0 atom stereocenters. The molecule has 0 N–H and O–H groups in total. The lowest BCUT2D eigenvalue weighted by molar-refractivity contribution is 0.0926. The summed E-state index contributed by atoms with van der Waals surface area (Å²) in [5.41, 5.74) is 3.09. The van der Waals surface area contributed by atoms with E-state index in [9.17, 15) is 9.59 Å². The first-order chi connectivity index (χ1) is 11.4. The van der Waals surface area contributed by atoms with Crippen molar-refractivity contribution in [1.29, 1.82) is 0 Å². The standard InChI is InChI=1S/C19H17N3O2/c1-19(2,3)21-11-20-15-10-12(8-9-16(15)21)22-17(23)13-6-4-5-7-14(13)18(22)24/h4-11H,1-3H3. The first-order valence-electron chi connectivity index (χ1n) is 7.83. The number of imide groups is 1. The van der Waals surface area contributed by atoms with Crippen molar-refractivity contribution in [2.45, 2.75) is 26.3 Å². The molecule has 0 fully saturated rings. The number of aromatic nitrogens is 2. The van der Waals surface area contributed by atoms with E-state index in [1.165, 1.54) is 4.90 Å². The summed E-state index contributed by atoms with van der Waals surface area (Å²) in [6, 6.07) is 12.4. The Kier molecular flexibility index (Phi) is 2.91. The van der Waals surface area contributed by atoms with E-state index in [4.69, 9.17) is 0 Å². The predicted molar refractivity (Wildman–Crippen MR) is 92.3 cm³/mol. The smallest absolute Gasteiger partial charge is 0.266 e. The maximum atomic E-state index is 12.6. The topological polar surface area (TPSA) is 55.2 Å². The van der Waals surface area contributed by atoms with Crippen LogP contribution in [0.15, 0.2) is 48.8 Å². The largest absolute Gasteiger partial charge is 0.325 e. The summed E-state index contributed by atoms with van der Waals surface area (Å²) in [7, 11) is 0. The van der Waals surface area contributed by atoms with Crippen LogP contribution < -0.4 is 4.90 Å². The summed E-state index contributed by atoms with van der Waals surface area (Å²) in [6.07, 6.45) is 1.79. The van der Waals surface area contributed by atoms with Crippen molar-refractivity contribution in [2.75, 3.05) is 4.90 Å². The van der Waals surface area contributed by atoms with E-state index in [0.717, 1.165) is 11.0 Å². The molecule has 4 rings (SSSR count). The number of hydrogen-bond acceptors (Lipinski definition) is 3. The van der Waals surface area contributed by atoms with Gasteiger partial charge in [0.25, 0.3) is 11.8 Å². The molecule has 1 aromatic heterocycles. The molecule has 2 aromatic carbocycles. The molecule has 0 unspecified atom stereocenters. The Morgan fingerprint density at radius 3 is 2.12 bits per heavy atom. The highest BCUT2D eigenvalue weighted by atomic mass is 16.2. The van der Waals surface area contributed by atoms with Crippen molar-refractivity contribution in [3.05, 3.63) is 59.9 Å². The third kappa shape index (κ3) is 1.98. The molecule has 1 aliphatic heterocycles. The van der Waals surface area contributed by atoms with Crippen LogP contribution in [-0.4, -0.2) is 21.4 Å². The molecule has 5 nitrogen and oxygen atoms in total. The quantitative estimate of drug-likeness (QED) is 0.644. The number of fused-ring (bicyclic) bond motifs is 2. The second kappa shape index (κ2) is 4.77. The first kappa shape index (κ1) is 14.6. The molecule has 0 spiro atoms. The van der Waals surface area contributed by atoms with E-state index in [0.29, 0.717) is 16.8 Å². The van der Waals surface area contributed by atoms with Crippen LogP contribution in [-0.2, 0) is 5.54 Å². The van der Waals surface area contributed by atoms with Crippen molar-refractivity contribution >= 4 is 28.5 Å². The minimum absolute atomic E-state index is 0.0915. The predicted octanol–water partition coefficient (Wildman–Crippen LogP) is 3.59. The van der Waals surface area contributed by atoms with Gasteiger partial charge in [-0.3, -0.25) is 9.59 Å². The summed E-state index contributed by atoms with van der Waals surface area (Å²) >= 11 is 0. The van der Waals surface area contributed by atoms with Gasteiger partial charge in [0, 0.05) is 5.54 Å². The number of anilines is 1. The molecule has 0 bridgehead atoms. The molecule has 0 saturated heterocycles. The Morgan fingerprint density at radius 1 is 0.917 bits per heavy atom. The maximum Gasteiger partial charge on any atom is 0.266 e. The van der Waals surface area contributed by atoms with Crippen LogP contribution in [0.5, 0.6) is 0 Å². The summed E-state index contributed by atoms with van der Waals surface area (Å²) in [5.74, 6) is -0.574. The average molecular weight is 319 g/mol. The molecule has 24 heavy (non-hydrogen) atoms. The molecule has 2 amide bonds. The zero-order valence-electron chi connectivity index (χ0n) is 13.8. The third-order valence-electron chi connectivity index (χ3n) is 4.31. The van der Waals surface area contributed by atoms with Crippen LogP contribution in [0.3, 0.4) is 0 Å². The Bertz CT molecular complexity index is 960. The van der Waals surface area contributed by atoms with Crippen LogP contribution in [0.25, 0.3) is 11.0 Å². The fourth-order valence-electron chi connectivity index (χ4n) is 3.10. The Hall–Kier alpha value is -2.95. The van der Waals surface area contributed by atoms with Crippen LogP contribution in [0.2, 0.25) is 0 Å². The van der Waals surface area contributed by atoms with Crippen molar-refractivity contribution in [1.82, 2.24) is 9.55 Å². The molecular weight excluding hydrogens is 302 g/mol. The summed E-state index contributed by atoms with van der Waals surface area (Å²) < 4.78 is 2.08. The number of carbonyl (C=O) groups excluding carboxylic acids is 2. The van der Waals surface area contributed by atoms with Gasteiger partial charge >= 0.3 is 0 Å². The van der Waals surface area contributed by atoms with E-state index in [1.807, 2.05) is 6.07 Å². The lowest BCUT2D eigenvalue weighted by Gasteiger charge is -2.22. The van der Waals surface area contributed by atoms with Crippen LogP contribution >= 0.6 is 0 Å². The number of nitrogens with zero attached hydrogens (tertiary/aromatic N) is 3. The normalized spacial score (nSPS) is 14.5.